The Morgan fingerprint density at radius 3 is 2.50 bits per heavy atom. The molecule has 0 radical (unpaired) electrons. The van der Waals surface area contributed by atoms with Gasteiger partial charge in [-0.25, -0.2) is 4.98 Å². The number of hydrogen-bond acceptors (Lipinski definition) is 4. The number of aromatic nitrogens is 2. The van der Waals surface area contributed by atoms with E-state index >= 15 is 0 Å². The van der Waals surface area contributed by atoms with Gasteiger partial charge in [-0.1, -0.05) is 53.5 Å². The molecule has 2 N–H and O–H groups in total. The molecule has 166 valence electrons. The Morgan fingerprint density at radius 2 is 1.78 bits per heavy atom. The van der Waals surface area contributed by atoms with E-state index < -0.39 is 0 Å². The molecule has 0 unspecified atom stereocenters. The largest absolute Gasteiger partial charge is 0.356 e. The first kappa shape index (κ1) is 21.5. The molecule has 3 aromatic rings. The minimum absolute atomic E-state index is 0.0645. The summed E-state index contributed by atoms with van der Waals surface area (Å²) in [4.78, 5) is 20.4. The van der Waals surface area contributed by atoms with Crippen molar-refractivity contribution in [3.8, 4) is 5.69 Å². The molecule has 1 fully saturated rings. The summed E-state index contributed by atoms with van der Waals surface area (Å²) in [5.74, 6) is 1.34. The standard InChI is InChI=1S/C25H26Cl2N4O/c1-15-23(29-16(2)31(24(15)32)20-9-5-8-19(26)21(20)27)30-12-10-25(11-13-30)14-17-6-3-4-7-18(17)22(25)28/h3-9,22H,10-14,28H2,1-2H3/t22-/m0/s1. The highest BCUT2D eigenvalue weighted by Gasteiger charge is 2.46. The van der Waals surface area contributed by atoms with E-state index in [1.807, 2.05) is 13.8 Å². The van der Waals surface area contributed by atoms with E-state index in [2.05, 4.69) is 29.2 Å². The fourth-order valence-corrected chi connectivity index (χ4v) is 5.80. The van der Waals surface area contributed by atoms with E-state index in [-0.39, 0.29) is 17.0 Å². The van der Waals surface area contributed by atoms with Gasteiger partial charge in [0.05, 0.1) is 21.3 Å². The summed E-state index contributed by atoms with van der Waals surface area (Å²) in [7, 11) is 0. The van der Waals surface area contributed by atoms with Crippen molar-refractivity contribution in [3.63, 3.8) is 0 Å². The number of halogens is 2. The van der Waals surface area contributed by atoms with Crippen LogP contribution in [-0.2, 0) is 6.42 Å². The first-order chi connectivity index (χ1) is 15.3. The molecule has 2 aliphatic rings. The first-order valence-corrected chi connectivity index (χ1v) is 11.7. The maximum atomic E-state index is 13.3. The second-order valence-corrected chi connectivity index (χ2v) is 9.81. The molecule has 2 heterocycles. The highest BCUT2D eigenvalue weighted by molar-refractivity contribution is 6.43. The number of aryl methyl sites for hydroxylation is 1. The molecule has 1 aromatic heterocycles. The Hall–Kier alpha value is -2.34. The summed E-state index contributed by atoms with van der Waals surface area (Å²) in [6.07, 6.45) is 2.98. The summed E-state index contributed by atoms with van der Waals surface area (Å²) in [5.41, 5.74) is 10.5. The van der Waals surface area contributed by atoms with Crippen molar-refractivity contribution >= 4 is 29.0 Å². The Labute approximate surface area is 197 Å². The van der Waals surface area contributed by atoms with Crippen LogP contribution in [0, 0.1) is 19.3 Å². The fraction of sp³-hybridized carbons (Fsp3) is 0.360. The molecule has 1 aliphatic carbocycles. The van der Waals surface area contributed by atoms with Crippen LogP contribution in [0.25, 0.3) is 5.69 Å². The monoisotopic (exact) mass is 468 g/mol. The molecule has 1 aliphatic heterocycles. The van der Waals surface area contributed by atoms with Crippen LogP contribution >= 0.6 is 23.2 Å². The Morgan fingerprint density at radius 1 is 1.06 bits per heavy atom. The Kier molecular flexibility index (Phi) is 5.31. The van der Waals surface area contributed by atoms with Crippen molar-refractivity contribution in [2.24, 2.45) is 11.1 Å². The van der Waals surface area contributed by atoms with Gasteiger partial charge in [-0.2, -0.15) is 0 Å². The van der Waals surface area contributed by atoms with Crippen molar-refractivity contribution in [1.29, 1.82) is 0 Å². The lowest BCUT2D eigenvalue weighted by Gasteiger charge is -2.43. The number of benzene rings is 2. The summed E-state index contributed by atoms with van der Waals surface area (Å²) in [6.45, 7) is 5.32. The first-order valence-electron chi connectivity index (χ1n) is 11.0. The predicted molar refractivity (Wildman–Crippen MR) is 130 cm³/mol. The average molecular weight is 469 g/mol. The van der Waals surface area contributed by atoms with Crippen molar-refractivity contribution in [2.75, 3.05) is 18.0 Å². The molecule has 32 heavy (non-hydrogen) atoms. The van der Waals surface area contributed by atoms with Gasteiger partial charge in [0.25, 0.3) is 5.56 Å². The average Bonchev–Trinajstić information content (AvgIpc) is 3.06. The molecule has 0 saturated carbocycles. The third-order valence-corrected chi connectivity index (χ3v) is 8.08. The highest BCUT2D eigenvalue weighted by atomic mass is 35.5. The SMILES string of the molecule is Cc1c(N2CCC3(CC2)Cc2ccccc2[C@@H]3N)nc(C)n(-c2cccc(Cl)c2Cl)c1=O. The molecule has 0 amide bonds. The van der Waals surface area contributed by atoms with E-state index in [1.54, 1.807) is 22.8 Å². The van der Waals surface area contributed by atoms with Crippen LogP contribution in [0.4, 0.5) is 5.82 Å². The van der Waals surface area contributed by atoms with Crippen LogP contribution in [0.15, 0.2) is 47.3 Å². The lowest BCUT2D eigenvalue weighted by atomic mass is 9.73. The molecule has 0 bridgehead atoms. The fourth-order valence-electron chi connectivity index (χ4n) is 5.42. The number of rotatable bonds is 2. The molecular weight excluding hydrogens is 443 g/mol. The number of anilines is 1. The quantitative estimate of drug-likeness (QED) is 0.574. The van der Waals surface area contributed by atoms with E-state index in [9.17, 15) is 4.79 Å². The van der Waals surface area contributed by atoms with Gasteiger partial charge in [-0.05, 0) is 61.8 Å². The topological polar surface area (TPSA) is 64.2 Å². The van der Waals surface area contributed by atoms with Crippen LogP contribution in [0.5, 0.6) is 0 Å². The smallest absolute Gasteiger partial charge is 0.263 e. The van der Waals surface area contributed by atoms with E-state index in [1.165, 1.54) is 11.1 Å². The van der Waals surface area contributed by atoms with Gasteiger partial charge in [-0.15, -0.1) is 0 Å². The minimum Gasteiger partial charge on any atom is -0.356 e. The van der Waals surface area contributed by atoms with E-state index in [0.29, 0.717) is 27.1 Å². The zero-order valence-corrected chi connectivity index (χ0v) is 19.7. The summed E-state index contributed by atoms with van der Waals surface area (Å²) in [6, 6.07) is 13.9. The minimum atomic E-state index is -0.123. The van der Waals surface area contributed by atoms with Crippen LogP contribution in [0.1, 0.15) is 41.4 Å². The van der Waals surface area contributed by atoms with Crippen LogP contribution < -0.4 is 16.2 Å². The van der Waals surface area contributed by atoms with Gasteiger partial charge in [0, 0.05) is 19.1 Å². The Bertz CT molecular complexity index is 1260. The molecular formula is C25H26Cl2N4O. The third kappa shape index (κ3) is 3.26. The normalized spacial score (nSPS) is 19.4. The lowest BCUT2D eigenvalue weighted by molar-refractivity contribution is 0.187. The molecule has 7 heteroatoms. The summed E-state index contributed by atoms with van der Waals surface area (Å²) in [5, 5.41) is 0.760. The number of fused-ring (bicyclic) bond motifs is 1. The Balaban J connectivity index is 1.44. The lowest BCUT2D eigenvalue weighted by Crippen LogP contribution is -2.45. The molecule has 2 aromatic carbocycles. The van der Waals surface area contributed by atoms with Crippen molar-refractivity contribution in [1.82, 2.24) is 9.55 Å². The molecule has 1 spiro atoms. The molecule has 5 nitrogen and oxygen atoms in total. The number of nitrogens with zero attached hydrogens (tertiary/aromatic N) is 3. The summed E-state index contributed by atoms with van der Waals surface area (Å²) < 4.78 is 1.54. The van der Waals surface area contributed by atoms with Gasteiger partial charge in [-0.3, -0.25) is 9.36 Å². The van der Waals surface area contributed by atoms with Crippen molar-refractivity contribution in [3.05, 3.63) is 85.4 Å². The third-order valence-electron chi connectivity index (χ3n) is 7.27. The van der Waals surface area contributed by atoms with Crippen molar-refractivity contribution in [2.45, 2.75) is 39.2 Å². The van der Waals surface area contributed by atoms with Crippen LogP contribution in [0.2, 0.25) is 10.0 Å². The van der Waals surface area contributed by atoms with Gasteiger partial charge in [0.1, 0.15) is 11.6 Å². The highest BCUT2D eigenvalue weighted by Crippen LogP contribution is 2.51. The van der Waals surface area contributed by atoms with Gasteiger partial charge in [0.15, 0.2) is 0 Å². The molecule has 5 rings (SSSR count). The van der Waals surface area contributed by atoms with Gasteiger partial charge in [0.2, 0.25) is 0 Å². The second-order valence-electron chi connectivity index (χ2n) is 9.02. The van der Waals surface area contributed by atoms with Crippen molar-refractivity contribution < 1.29 is 0 Å². The maximum absolute atomic E-state index is 13.3. The van der Waals surface area contributed by atoms with Gasteiger partial charge >= 0.3 is 0 Å². The van der Waals surface area contributed by atoms with E-state index in [4.69, 9.17) is 33.9 Å². The zero-order chi connectivity index (χ0) is 22.6. The van der Waals surface area contributed by atoms with Crippen LogP contribution in [-0.4, -0.2) is 22.6 Å². The number of piperidine rings is 1. The second kappa shape index (κ2) is 7.91. The molecule has 1 saturated heterocycles. The zero-order valence-electron chi connectivity index (χ0n) is 18.2. The maximum Gasteiger partial charge on any atom is 0.263 e. The predicted octanol–water partition coefficient (Wildman–Crippen LogP) is 5.00. The number of hydrogen-bond donors (Lipinski definition) is 1. The van der Waals surface area contributed by atoms with Gasteiger partial charge < -0.3 is 10.6 Å². The molecule has 1 atom stereocenters. The summed E-state index contributed by atoms with van der Waals surface area (Å²) >= 11 is 12.6. The van der Waals surface area contributed by atoms with E-state index in [0.717, 1.165) is 38.2 Å². The van der Waals surface area contributed by atoms with Crippen LogP contribution in [0.3, 0.4) is 0 Å². The number of nitrogens with two attached hydrogens (primary N) is 1.